The first-order valence-electron chi connectivity index (χ1n) is 7.10. The molecule has 0 spiro atoms. The number of hydrogen-bond acceptors (Lipinski definition) is 6. The summed E-state index contributed by atoms with van der Waals surface area (Å²) in [6.45, 7) is 0. The average molecular weight is 381 g/mol. The molecule has 3 rings (SSSR count). The number of nitrogens with two attached hydrogens (primary N) is 1. The molecule has 3 N–H and O–H groups in total. The summed E-state index contributed by atoms with van der Waals surface area (Å²) in [4.78, 5) is 17.4. The molecule has 0 amide bonds. The van der Waals surface area contributed by atoms with Gasteiger partial charge < -0.3 is 9.47 Å². The Kier molecular flexibility index (Phi) is 4.71. The summed E-state index contributed by atoms with van der Waals surface area (Å²) in [6.07, 6.45) is 0. The number of hydrogen-bond donors (Lipinski definition) is 2. The highest BCUT2D eigenvalue weighted by Gasteiger charge is 2.16. The third kappa shape index (κ3) is 3.09. The van der Waals surface area contributed by atoms with Crippen LogP contribution in [0, 0.1) is 0 Å². The number of halogens is 2. The number of nitrogens with one attached hydrogen (secondary N) is 1. The van der Waals surface area contributed by atoms with Gasteiger partial charge in [-0.25, -0.2) is 15.4 Å². The number of fused-ring (bicyclic) bond motifs is 1. The summed E-state index contributed by atoms with van der Waals surface area (Å²) >= 11 is 12.1. The smallest absolute Gasteiger partial charge is 0.267 e. The number of ether oxygens (including phenoxy) is 2. The monoisotopic (exact) mass is 380 g/mol. The van der Waals surface area contributed by atoms with Crippen LogP contribution in [-0.2, 0) is 0 Å². The maximum Gasteiger partial charge on any atom is 0.267 e. The second-order valence-electron chi connectivity index (χ2n) is 5.07. The van der Waals surface area contributed by atoms with Gasteiger partial charge in [-0.05, 0) is 24.3 Å². The van der Waals surface area contributed by atoms with Crippen molar-refractivity contribution in [3.8, 4) is 17.2 Å². The molecule has 7 nitrogen and oxygen atoms in total. The predicted molar refractivity (Wildman–Crippen MR) is 98.3 cm³/mol. The summed E-state index contributed by atoms with van der Waals surface area (Å²) in [5.41, 5.74) is 2.89. The molecule has 0 fully saturated rings. The standard InChI is InChI=1S/C16H14Cl2N4O3/c1-24-13-6-11-12(7-14(13)25-2)20-16(21-19)22(15(11)23)10-4-8(17)3-9(18)5-10/h3-7H,19H2,1-2H3,(H,20,21). The second kappa shape index (κ2) is 6.79. The van der Waals surface area contributed by atoms with E-state index in [1.165, 1.54) is 18.8 Å². The number of benzene rings is 2. The molecular weight excluding hydrogens is 367 g/mol. The maximum atomic E-state index is 13.0. The van der Waals surface area contributed by atoms with E-state index in [0.29, 0.717) is 38.1 Å². The number of nitrogens with zero attached hydrogens (tertiary/aromatic N) is 2. The minimum absolute atomic E-state index is 0.128. The Morgan fingerprint density at radius 2 is 1.64 bits per heavy atom. The number of rotatable bonds is 4. The van der Waals surface area contributed by atoms with Gasteiger partial charge in [0.1, 0.15) is 0 Å². The molecule has 0 saturated heterocycles. The molecule has 0 saturated carbocycles. The SMILES string of the molecule is COc1cc2nc(NN)n(-c3cc(Cl)cc(Cl)c3)c(=O)c2cc1OC. The lowest BCUT2D eigenvalue weighted by Crippen LogP contribution is -2.26. The predicted octanol–water partition coefficient (Wildman–Crippen LogP) is 3.00. The van der Waals surface area contributed by atoms with Crippen LogP contribution in [0.25, 0.3) is 16.6 Å². The lowest BCUT2D eigenvalue weighted by atomic mass is 10.2. The summed E-state index contributed by atoms with van der Waals surface area (Å²) in [7, 11) is 2.99. The molecule has 2 aromatic carbocycles. The van der Waals surface area contributed by atoms with Gasteiger partial charge in [0.15, 0.2) is 11.5 Å². The van der Waals surface area contributed by atoms with Gasteiger partial charge in [-0.1, -0.05) is 23.2 Å². The molecule has 0 atom stereocenters. The number of nitrogen functional groups attached to an aromatic ring is 1. The molecule has 1 heterocycles. The van der Waals surface area contributed by atoms with Crippen molar-refractivity contribution in [1.29, 1.82) is 0 Å². The molecule has 25 heavy (non-hydrogen) atoms. The van der Waals surface area contributed by atoms with Crippen molar-refractivity contribution in [1.82, 2.24) is 9.55 Å². The Hall–Kier alpha value is -2.48. The molecule has 3 aromatic rings. The van der Waals surface area contributed by atoms with E-state index in [1.54, 1.807) is 30.3 Å². The van der Waals surface area contributed by atoms with Gasteiger partial charge in [-0.3, -0.25) is 10.2 Å². The van der Waals surface area contributed by atoms with Gasteiger partial charge >= 0.3 is 0 Å². The Labute approximate surface area is 152 Å². The highest BCUT2D eigenvalue weighted by Crippen LogP contribution is 2.31. The van der Waals surface area contributed by atoms with E-state index in [1.807, 2.05) is 0 Å². The lowest BCUT2D eigenvalue weighted by Gasteiger charge is -2.15. The highest BCUT2D eigenvalue weighted by atomic mass is 35.5. The summed E-state index contributed by atoms with van der Waals surface area (Å²) in [6, 6.07) is 7.90. The minimum Gasteiger partial charge on any atom is -0.493 e. The number of aromatic nitrogens is 2. The van der Waals surface area contributed by atoms with Crippen LogP contribution in [0.5, 0.6) is 11.5 Å². The van der Waals surface area contributed by atoms with Gasteiger partial charge in [-0.2, -0.15) is 0 Å². The van der Waals surface area contributed by atoms with Crippen molar-refractivity contribution in [3.63, 3.8) is 0 Å². The quantitative estimate of drug-likeness (QED) is 0.533. The van der Waals surface area contributed by atoms with Gasteiger partial charge in [0, 0.05) is 16.1 Å². The Morgan fingerprint density at radius 3 is 2.20 bits per heavy atom. The van der Waals surface area contributed by atoms with E-state index >= 15 is 0 Å². The fourth-order valence-electron chi connectivity index (χ4n) is 2.52. The minimum atomic E-state index is -0.364. The van der Waals surface area contributed by atoms with Crippen LogP contribution in [0.1, 0.15) is 0 Å². The van der Waals surface area contributed by atoms with Crippen LogP contribution in [0.15, 0.2) is 35.1 Å². The first-order valence-corrected chi connectivity index (χ1v) is 7.86. The molecule has 0 aliphatic heterocycles. The van der Waals surface area contributed by atoms with Crippen LogP contribution in [0.4, 0.5) is 5.95 Å². The van der Waals surface area contributed by atoms with E-state index in [0.717, 1.165) is 0 Å². The van der Waals surface area contributed by atoms with Crippen molar-refractivity contribution >= 4 is 40.1 Å². The molecular formula is C16H14Cl2N4O3. The van der Waals surface area contributed by atoms with Crippen molar-refractivity contribution < 1.29 is 9.47 Å². The zero-order valence-corrected chi connectivity index (χ0v) is 14.9. The first-order chi connectivity index (χ1) is 12.0. The Morgan fingerprint density at radius 1 is 1.04 bits per heavy atom. The summed E-state index contributed by atoms with van der Waals surface area (Å²) in [5.74, 6) is 6.55. The van der Waals surface area contributed by atoms with Crippen LogP contribution in [-0.4, -0.2) is 23.8 Å². The third-order valence-corrected chi connectivity index (χ3v) is 4.04. The van der Waals surface area contributed by atoms with Crippen LogP contribution >= 0.6 is 23.2 Å². The fourth-order valence-corrected chi connectivity index (χ4v) is 3.03. The molecule has 130 valence electrons. The van der Waals surface area contributed by atoms with Gasteiger partial charge in [0.2, 0.25) is 5.95 Å². The van der Waals surface area contributed by atoms with Gasteiger partial charge in [0.05, 0.1) is 30.8 Å². The largest absolute Gasteiger partial charge is 0.493 e. The van der Waals surface area contributed by atoms with Gasteiger partial charge in [0.25, 0.3) is 5.56 Å². The molecule has 9 heteroatoms. The fraction of sp³-hybridized carbons (Fsp3) is 0.125. The van der Waals surface area contributed by atoms with Crippen LogP contribution in [0.3, 0.4) is 0 Å². The van der Waals surface area contributed by atoms with E-state index in [-0.39, 0.29) is 11.5 Å². The molecule has 0 aliphatic carbocycles. The molecule has 0 bridgehead atoms. The number of hydrazine groups is 1. The maximum absolute atomic E-state index is 13.0. The third-order valence-electron chi connectivity index (χ3n) is 3.61. The summed E-state index contributed by atoms with van der Waals surface area (Å²) in [5, 5.41) is 1.09. The Bertz CT molecular complexity index is 1000. The Balaban J connectivity index is 2.39. The highest BCUT2D eigenvalue weighted by molar-refractivity contribution is 6.34. The zero-order chi connectivity index (χ0) is 18.1. The van der Waals surface area contributed by atoms with E-state index < -0.39 is 0 Å². The van der Waals surface area contributed by atoms with E-state index in [2.05, 4.69) is 10.4 Å². The molecule has 0 aliphatic rings. The van der Waals surface area contributed by atoms with Gasteiger partial charge in [-0.15, -0.1) is 0 Å². The first kappa shape index (κ1) is 17.3. The molecule has 0 radical (unpaired) electrons. The number of methoxy groups -OCH3 is 2. The normalized spacial score (nSPS) is 10.8. The summed E-state index contributed by atoms with van der Waals surface area (Å²) < 4.78 is 11.8. The lowest BCUT2D eigenvalue weighted by molar-refractivity contribution is 0.355. The molecule has 1 aromatic heterocycles. The topological polar surface area (TPSA) is 91.4 Å². The van der Waals surface area contributed by atoms with Crippen molar-refractivity contribution in [2.75, 3.05) is 19.6 Å². The number of anilines is 1. The molecule has 0 unspecified atom stereocenters. The van der Waals surface area contributed by atoms with Crippen molar-refractivity contribution in [3.05, 3.63) is 50.7 Å². The van der Waals surface area contributed by atoms with Crippen molar-refractivity contribution in [2.45, 2.75) is 0 Å². The van der Waals surface area contributed by atoms with E-state index in [4.69, 9.17) is 38.5 Å². The van der Waals surface area contributed by atoms with Crippen molar-refractivity contribution in [2.24, 2.45) is 5.84 Å². The van der Waals surface area contributed by atoms with E-state index in [9.17, 15) is 4.79 Å². The zero-order valence-electron chi connectivity index (χ0n) is 13.3. The van der Waals surface area contributed by atoms with Crippen LogP contribution < -0.4 is 26.3 Å². The van der Waals surface area contributed by atoms with Crippen LogP contribution in [0.2, 0.25) is 10.0 Å². The second-order valence-corrected chi connectivity index (χ2v) is 5.95. The average Bonchev–Trinajstić information content (AvgIpc) is 2.59.